The van der Waals surface area contributed by atoms with Crippen molar-refractivity contribution in [2.24, 2.45) is 0 Å². The van der Waals surface area contributed by atoms with Gasteiger partial charge in [0.15, 0.2) is 0 Å². The zero-order valence-corrected chi connectivity index (χ0v) is 19.1. The summed E-state index contributed by atoms with van der Waals surface area (Å²) in [6, 6.07) is 5.31. The van der Waals surface area contributed by atoms with Crippen LogP contribution in [-0.4, -0.2) is 66.4 Å². The number of carbonyl (C=O) groups excluding carboxylic acids is 3. The molecule has 0 radical (unpaired) electrons. The molecule has 9 heteroatoms. The normalized spacial score (nSPS) is 21.5. The predicted octanol–water partition coefficient (Wildman–Crippen LogP) is 2.14. The first kappa shape index (κ1) is 21.7. The Hall–Kier alpha value is -2.52. The molecule has 4 amide bonds. The first-order chi connectivity index (χ1) is 14.9. The van der Waals surface area contributed by atoms with E-state index >= 15 is 0 Å². The van der Waals surface area contributed by atoms with Gasteiger partial charge in [-0.3, -0.25) is 14.5 Å². The second kappa shape index (κ2) is 8.92. The molecule has 3 aliphatic rings. The number of amides is 4. The Morgan fingerprint density at radius 2 is 1.90 bits per heavy atom. The van der Waals surface area contributed by atoms with Crippen LogP contribution in [0.2, 0.25) is 0 Å². The molecule has 166 valence electrons. The number of rotatable bonds is 5. The third kappa shape index (κ3) is 4.16. The number of nitrogens with one attached hydrogen (secondary N) is 2. The van der Waals surface area contributed by atoms with Crippen LogP contribution in [0.1, 0.15) is 30.9 Å². The first-order valence-corrected chi connectivity index (χ1v) is 11.6. The van der Waals surface area contributed by atoms with Gasteiger partial charge in [0.1, 0.15) is 10.9 Å². The molecule has 1 atom stereocenters. The minimum atomic E-state index is -0.671. The lowest BCUT2D eigenvalue weighted by molar-refractivity contribution is -0.130. The molecule has 2 N–H and O–H groups in total. The second-order valence-electron chi connectivity index (χ2n) is 8.24. The highest BCUT2D eigenvalue weighted by molar-refractivity contribution is 8.02. The molecule has 4 rings (SSSR count). The zero-order chi connectivity index (χ0) is 22.1. The fourth-order valence-corrected chi connectivity index (χ4v) is 5.19. The van der Waals surface area contributed by atoms with Gasteiger partial charge in [0.25, 0.3) is 11.8 Å². The molecule has 1 unspecified atom stereocenters. The third-order valence-electron chi connectivity index (χ3n) is 6.00. The molecule has 0 aromatic heterocycles. The predicted molar refractivity (Wildman–Crippen MR) is 121 cm³/mol. The summed E-state index contributed by atoms with van der Waals surface area (Å²) in [5.41, 5.74) is 4.07. The fraction of sp³-hybridized carbons (Fsp3) is 0.500. The van der Waals surface area contributed by atoms with Crippen LogP contribution >= 0.6 is 11.9 Å². The molecule has 2 fully saturated rings. The molecule has 1 aromatic carbocycles. The number of urea groups is 1. The lowest BCUT2D eigenvalue weighted by Crippen LogP contribution is -2.58. The number of aryl methyl sites for hydroxylation is 2. The number of unbranched alkanes of at least 4 members (excludes halogenated alkanes) is 1. The van der Waals surface area contributed by atoms with Crippen molar-refractivity contribution >= 4 is 35.5 Å². The van der Waals surface area contributed by atoms with E-state index in [1.807, 2.05) is 6.92 Å². The lowest BCUT2D eigenvalue weighted by atomic mass is 10.1. The number of carbonyl (C=O) groups is 3. The molecule has 31 heavy (non-hydrogen) atoms. The average Bonchev–Trinajstić information content (AvgIpc) is 3.17. The van der Waals surface area contributed by atoms with Gasteiger partial charge >= 0.3 is 6.03 Å². The van der Waals surface area contributed by atoms with Gasteiger partial charge in [-0.2, -0.15) is 0 Å². The minimum absolute atomic E-state index is 0.134. The number of fused-ring (bicyclic) bond motifs is 1. The second-order valence-corrected chi connectivity index (χ2v) is 9.09. The molecular formula is C22H29N5O3S. The number of benzene rings is 1. The van der Waals surface area contributed by atoms with E-state index in [-0.39, 0.29) is 11.8 Å². The van der Waals surface area contributed by atoms with Crippen molar-refractivity contribution in [1.29, 1.82) is 0 Å². The van der Waals surface area contributed by atoms with E-state index < -0.39 is 12.1 Å². The van der Waals surface area contributed by atoms with Crippen LogP contribution in [-0.2, 0) is 9.59 Å². The largest absolute Gasteiger partial charge is 0.368 e. The quantitative estimate of drug-likeness (QED) is 0.679. The lowest BCUT2D eigenvalue weighted by Gasteiger charge is -2.37. The summed E-state index contributed by atoms with van der Waals surface area (Å²) in [7, 11) is 0. The van der Waals surface area contributed by atoms with Crippen molar-refractivity contribution in [1.82, 2.24) is 19.8 Å². The number of piperazine rings is 1. The number of nitrogens with zero attached hydrogens (tertiary/aromatic N) is 3. The third-order valence-corrected chi connectivity index (χ3v) is 6.95. The van der Waals surface area contributed by atoms with E-state index in [4.69, 9.17) is 0 Å². The number of anilines is 1. The number of hydrogen-bond donors (Lipinski definition) is 2. The molecule has 0 saturated carbocycles. The van der Waals surface area contributed by atoms with Crippen molar-refractivity contribution in [3.05, 3.63) is 39.9 Å². The van der Waals surface area contributed by atoms with Crippen LogP contribution in [0.25, 0.3) is 0 Å². The van der Waals surface area contributed by atoms with Gasteiger partial charge < -0.3 is 15.1 Å². The van der Waals surface area contributed by atoms with Crippen LogP contribution in [0.15, 0.2) is 28.8 Å². The summed E-state index contributed by atoms with van der Waals surface area (Å²) in [5, 5.41) is 2.79. The minimum Gasteiger partial charge on any atom is -0.368 e. The van der Waals surface area contributed by atoms with Crippen LogP contribution in [0.3, 0.4) is 0 Å². The molecule has 1 aromatic rings. The van der Waals surface area contributed by atoms with Crippen molar-refractivity contribution in [2.45, 2.75) is 39.7 Å². The standard InChI is InChI=1S/C22H29N5O3S/c1-4-5-8-27-20(28)18-17(23-22(27)30)19(31-24-18)21(29)26-11-9-25(10-12-26)16-7-6-14(2)13-15(16)3/h6-7,13,18,24H,4-5,8-12H2,1-3H3,(H,23,30). The van der Waals surface area contributed by atoms with Gasteiger partial charge in [0.2, 0.25) is 0 Å². The molecule has 0 bridgehead atoms. The molecule has 8 nitrogen and oxygen atoms in total. The zero-order valence-electron chi connectivity index (χ0n) is 18.2. The molecule has 3 aliphatic heterocycles. The Balaban J connectivity index is 1.43. The number of hydrogen-bond acceptors (Lipinski definition) is 6. The van der Waals surface area contributed by atoms with Crippen LogP contribution in [0.4, 0.5) is 10.5 Å². The Bertz CT molecular complexity index is 939. The summed E-state index contributed by atoms with van der Waals surface area (Å²) < 4.78 is 3.03. The molecule has 2 saturated heterocycles. The summed E-state index contributed by atoms with van der Waals surface area (Å²) in [6.07, 6.45) is 1.65. The van der Waals surface area contributed by atoms with E-state index in [9.17, 15) is 14.4 Å². The SMILES string of the molecule is CCCCN1C(=O)NC2=C(C(=O)N3CCN(c4ccc(C)cc4C)CC3)SNC2C1=O. The maximum absolute atomic E-state index is 13.2. The van der Waals surface area contributed by atoms with E-state index in [0.717, 1.165) is 37.9 Å². The average molecular weight is 444 g/mol. The van der Waals surface area contributed by atoms with Gasteiger partial charge in [0.05, 0.1) is 5.70 Å². The first-order valence-electron chi connectivity index (χ1n) is 10.8. The molecule has 3 heterocycles. The van der Waals surface area contributed by atoms with Crippen molar-refractivity contribution in [2.75, 3.05) is 37.6 Å². The monoisotopic (exact) mass is 443 g/mol. The molecule has 0 spiro atoms. The van der Waals surface area contributed by atoms with Gasteiger partial charge in [0, 0.05) is 38.4 Å². The van der Waals surface area contributed by atoms with E-state index in [0.29, 0.717) is 30.2 Å². The van der Waals surface area contributed by atoms with Crippen LogP contribution in [0, 0.1) is 13.8 Å². The maximum Gasteiger partial charge on any atom is 0.328 e. The van der Waals surface area contributed by atoms with Crippen molar-refractivity contribution < 1.29 is 14.4 Å². The van der Waals surface area contributed by atoms with Crippen molar-refractivity contribution in [3.8, 4) is 0 Å². The van der Waals surface area contributed by atoms with E-state index in [1.54, 1.807) is 4.90 Å². The van der Waals surface area contributed by atoms with E-state index in [1.165, 1.54) is 21.7 Å². The van der Waals surface area contributed by atoms with Crippen LogP contribution < -0.4 is 14.9 Å². The summed E-state index contributed by atoms with van der Waals surface area (Å²) in [5.74, 6) is -0.424. The Kier molecular flexibility index (Phi) is 6.24. The summed E-state index contributed by atoms with van der Waals surface area (Å²) >= 11 is 1.14. The van der Waals surface area contributed by atoms with Gasteiger partial charge in [-0.1, -0.05) is 31.0 Å². The Morgan fingerprint density at radius 3 is 2.58 bits per heavy atom. The summed E-state index contributed by atoms with van der Waals surface area (Å²) in [4.78, 5) is 44.1. The topological polar surface area (TPSA) is 85.0 Å². The van der Waals surface area contributed by atoms with Gasteiger partial charge in [-0.15, -0.1) is 0 Å². The highest BCUT2D eigenvalue weighted by Gasteiger charge is 2.44. The van der Waals surface area contributed by atoms with Gasteiger partial charge in [-0.25, -0.2) is 9.52 Å². The highest BCUT2D eigenvalue weighted by atomic mass is 32.2. The Labute approximate surface area is 187 Å². The van der Waals surface area contributed by atoms with Crippen LogP contribution in [0.5, 0.6) is 0 Å². The summed E-state index contributed by atoms with van der Waals surface area (Å²) in [6.45, 7) is 9.28. The van der Waals surface area contributed by atoms with Gasteiger partial charge in [-0.05, 0) is 43.8 Å². The van der Waals surface area contributed by atoms with E-state index in [2.05, 4.69) is 47.0 Å². The highest BCUT2D eigenvalue weighted by Crippen LogP contribution is 2.32. The maximum atomic E-state index is 13.2. The fourth-order valence-electron chi connectivity index (χ4n) is 4.25. The smallest absolute Gasteiger partial charge is 0.328 e. The van der Waals surface area contributed by atoms with Crippen molar-refractivity contribution in [3.63, 3.8) is 0 Å². The Morgan fingerprint density at radius 1 is 1.16 bits per heavy atom. The number of imide groups is 1. The molecular weight excluding hydrogens is 414 g/mol. The molecule has 0 aliphatic carbocycles.